The fraction of sp³-hybridized carbons (Fsp3) is 0.462. The number of benzene rings is 1. The molecule has 5 nitrogen and oxygen atoms in total. The molecule has 1 aromatic rings. The first-order chi connectivity index (χ1) is 9.48. The van der Waals surface area contributed by atoms with Crippen LogP contribution in [0.25, 0.3) is 0 Å². The summed E-state index contributed by atoms with van der Waals surface area (Å²) < 4.78 is 28.9. The Hall–Kier alpha value is -0.680. The van der Waals surface area contributed by atoms with Crippen molar-refractivity contribution in [3.8, 4) is 0 Å². The lowest BCUT2D eigenvalue weighted by molar-refractivity contribution is -0.140. The van der Waals surface area contributed by atoms with Gasteiger partial charge in [-0.2, -0.15) is 0 Å². The molecule has 0 aliphatic heterocycles. The molecule has 0 spiro atoms. The van der Waals surface area contributed by atoms with Gasteiger partial charge in [-0.1, -0.05) is 28.1 Å². The van der Waals surface area contributed by atoms with Crippen molar-refractivity contribution in [1.29, 1.82) is 0 Å². The molecule has 7 heteroatoms. The zero-order chi connectivity index (χ0) is 15.2. The van der Waals surface area contributed by atoms with Gasteiger partial charge in [0.25, 0.3) is 0 Å². The van der Waals surface area contributed by atoms with Crippen LogP contribution in [0.4, 0.5) is 0 Å². The Labute approximate surface area is 127 Å². The number of carbonyl (C=O) groups is 1. The van der Waals surface area contributed by atoms with Gasteiger partial charge in [0, 0.05) is 4.47 Å². The molecule has 0 aliphatic carbocycles. The van der Waals surface area contributed by atoms with E-state index in [1.165, 1.54) is 7.11 Å². The number of carbonyl (C=O) groups excluding carboxylic acids is 1. The Balaban J connectivity index is 3.30. The van der Waals surface area contributed by atoms with Crippen LogP contribution < -0.4 is 0 Å². The first-order valence-corrected chi connectivity index (χ1v) is 8.61. The van der Waals surface area contributed by atoms with Crippen LogP contribution in [-0.2, 0) is 23.1 Å². The Kier molecular flexibility index (Phi) is 6.89. The summed E-state index contributed by atoms with van der Waals surface area (Å²) in [6, 6.07) is 6.95. The smallest absolute Gasteiger partial charge is 0.349 e. The van der Waals surface area contributed by atoms with Crippen molar-refractivity contribution in [2.45, 2.75) is 19.5 Å². The third-order valence-corrected chi connectivity index (χ3v) is 5.39. The zero-order valence-corrected chi connectivity index (χ0v) is 14.1. The minimum Gasteiger partial charge on any atom is -0.468 e. The molecule has 0 amide bonds. The number of hydrogen-bond acceptors (Lipinski definition) is 5. The fourth-order valence-corrected chi connectivity index (χ4v) is 4.18. The molecule has 0 bridgehead atoms. The van der Waals surface area contributed by atoms with E-state index in [0.717, 1.165) is 4.47 Å². The van der Waals surface area contributed by atoms with Crippen molar-refractivity contribution in [1.82, 2.24) is 0 Å². The highest BCUT2D eigenvalue weighted by Gasteiger charge is 2.43. The van der Waals surface area contributed by atoms with Gasteiger partial charge >= 0.3 is 13.6 Å². The predicted octanol–water partition coefficient (Wildman–Crippen LogP) is 3.93. The average molecular weight is 365 g/mol. The van der Waals surface area contributed by atoms with Crippen molar-refractivity contribution in [2.75, 3.05) is 20.3 Å². The molecule has 0 unspecified atom stereocenters. The molecule has 0 fully saturated rings. The highest BCUT2D eigenvalue weighted by molar-refractivity contribution is 9.10. The van der Waals surface area contributed by atoms with Gasteiger partial charge in [-0.05, 0) is 31.5 Å². The van der Waals surface area contributed by atoms with E-state index in [2.05, 4.69) is 15.9 Å². The Morgan fingerprint density at radius 2 is 1.90 bits per heavy atom. The molecule has 0 heterocycles. The molecule has 1 aromatic carbocycles. The van der Waals surface area contributed by atoms with Crippen LogP contribution in [0.5, 0.6) is 0 Å². The maximum atomic E-state index is 12.9. The van der Waals surface area contributed by atoms with Gasteiger partial charge in [-0.15, -0.1) is 0 Å². The molecule has 0 saturated carbocycles. The topological polar surface area (TPSA) is 61.8 Å². The maximum Gasteiger partial charge on any atom is 0.349 e. The van der Waals surface area contributed by atoms with Gasteiger partial charge in [0.15, 0.2) is 5.66 Å². The Morgan fingerprint density at radius 1 is 1.30 bits per heavy atom. The Bertz CT molecular complexity index is 495. The monoisotopic (exact) mass is 364 g/mol. The standard InChI is InChI=1S/C13H18BrO5P/c1-4-18-20(16,19-5-2)12(13(15)17-3)10-7-6-8-11(14)9-10/h6-9,12H,4-5H2,1-3H3/t12-/m1/s1. The summed E-state index contributed by atoms with van der Waals surface area (Å²) in [5.74, 6) is -0.645. The Morgan fingerprint density at radius 3 is 2.35 bits per heavy atom. The zero-order valence-electron chi connectivity index (χ0n) is 11.7. The molecule has 0 aromatic heterocycles. The van der Waals surface area contributed by atoms with Crippen LogP contribution in [0.2, 0.25) is 0 Å². The first-order valence-electron chi connectivity index (χ1n) is 6.20. The SMILES string of the molecule is CCOP(=O)(OCC)[C@@H](C(=O)OC)c1cccc(Br)c1. The van der Waals surface area contributed by atoms with Crippen LogP contribution in [0, 0.1) is 0 Å². The van der Waals surface area contributed by atoms with Gasteiger partial charge < -0.3 is 13.8 Å². The summed E-state index contributed by atoms with van der Waals surface area (Å²) in [5, 5.41) is 0. The third-order valence-electron chi connectivity index (χ3n) is 2.52. The summed E-state index contributed by atoms with van der Waals surface area (Å²) in [5.41, 5.74) is -0.568. The second-order valence-corrected chi connectivity index (χ2v) is 6.88. The van der Waals surface area contributed by atoms with Gasteiger partial charge in [0.1, 0.15) is 0 Å². The molecule has 1 rings (SSSR count). The maximum absolute atomic E-state index is 12.9. The molecule has 0 N–H and O–H groups in total. The van der Waals surface area contributed by atoms with Crippen LogP contribution >= 0.6 is 23.5 Å². The molecular formula is C13H18BrO5P. The van der Waals surface area contributed by atoms with Crippen LogP contribution in [-0.4, -0.2) is 26.3 Å². The van der Waals surface area contributed by atoms with E-state index in [4.69, 9.17) is 13.8 Å². The summed E-state index contributed by atoms with van der Waals surface area (Å²) in [6.07, 6.45) is 0. The summed E-state index contributed by atoms with van der Waals surface area (Å²) >= 11 is 3.32. The molecule has 0 radical (unpaired) electrons. The van der Waals surface area contributed by atoms with E-state index in [9.17, 15) is 9.36 Å². The van der Waals surface area contributed by atoms with Crippen molar-refractivity contribution >= 4 is 29.5 Å². The third kappa shape index (κ3) is 4.16. The lowest BCUT2D eigenvalue weighted by Crippen LogP contribution is -2.17. The largest absolute Gasteiger partial charge is 0.468 e. The molecule has 0 saturated heterocycles. The van der Waals surface area contributed by atoms with E-state index in [1.54, 1.807) is 32.0 Å². The molecular weight excluding hydrogens is 347 g/mol. The van der Waals surface area contributed by atoms with Gasteiger partial charge in [-0.25, -0.2) is 0 Å². The summed E-state index contributed by atoms with van der Waals surface area (Å²) in [6.45, 7) is 3.75. The lowest BCUT2D eigenvalue weighted by atomic mass is 10.1. The van der Waals surface area contributed by atoms with Gasteiger partial charge in [0.05, 0.1) is 20.3 Å². The fourth-order valence-electron chi connectivity index (χ4n) is 1.78. The molecule has 20 heavy (non-hydrogen) atoms. The van der Waals surface area contributed by atoms with Crippen LogP contribution in [0.3, 0.4) is 0 Å². The summed E-state index contributed by atoms with van der Waals surface area (Å²) in [7, 11) is -2.39. The second-order valence-electron chi connectivity index (χ2n) is 3.86. The lowest BCUT2D eigenvalue weighted by Gasteiger charge is -2.24. The minimum absolute atomic E-state index is 0.179. The average Bonchev–Trinajstić information content (AvgIpc) is 2.39. The van der Waals surface area contributed by atoms with Gasteiger partial charge in [-0.3, -0.25) is 9.36 Å². The first kappa shape index (κ1) is 17.4. The highest BCUT2D eigenvalue weighted by atomic mass is 79.9. The van der Waals surface area contributed by atoms with E-state index in [0.29, 0.717) is 5.56 Å². The van der Waals surface area contributed by atoms with Crippen molar-refractivity contribution in [3.63, 3.8) is 0 Å². The van der Waals surface area contributed by atoms with Gasteiger partial charge in [0.2, 0.25) is 0 Å². The van der Waals surface area contributed by atoms with Crippen molar-refractivity contribution in [2.24, 2.45) is 0 Å². The number of esters is 1. The summed E-state index contributed by atoms with van der Waals surface area (Å²) in [4.78, 5) is 12.1. The number of methoxy groups -OCH3 is 1. The van der Waals surface area contributed by atoms with Crippen LogP contribution in [0.15, 0.2) is 28.7 Å². The minimum atomic E-state index is -3.64. The molecule has 112 valence electrons. The highest BCUT2D eigenvalue weighted by Crippen LogP contribution is 2.61. The number of halogens is 1. The molecule has 1 atom stereocenters. The molecule has 0 aliphatic rings. The van der Waals surface area contributed by atoms with E-state index in [-0.39, 0.29) is 13.2 Å². The van der Waals surface area contributed by atoms with E-state index < -0.39 is 19.2 Å². The normalized spacial score (nSPS) is 13.0. The quantitative estimate of drug-likeness (QED) is 0.541. The van der Waals surface area contributed by atoms with E-state index in [1.807, 2.05) is 6.07 Å². The van der Waals surface area contributed by atoms with Crippen LogP contribution in [0.1, 0.15) is 25.1 Å². The predicted molar refractivity (Wildman–Crippen MR) is 79.8 cm³/mol. The number of ether oxygens (including phenoxy) is 1. The number of rotatable bonds is 7. The second kappa shape index (κ2) is 7.93. The van der Waals surface area contributed by atoms with Crippen molar-refractivity contribution < 1.29 is 23.1 Å². The van der Waals surface area contributed by atoms with Crippen molar-refractivity contribution in [3.05, 3.63) is 34.3 Å². The number of hydrogen-bond donors (Lipinski definition) is 0. The van der Waals surface area contributed by atoms with E-state index >= 15 is 0 Å².